The van der Waals surface area contributed by atoms with Crippen LogP contribution in [0.5, 0.6) is 5.88 Å². The number of methoxy groups -OCH3 is 1. The van der Waals surface area contributed by atoms with Gasteiger partial charge < -0.3 is 9.30 Å². The Kier molecular flexibility index (Phi) is 4.65. The zero-order valence-electron chi connectivity index (χ0n) is 15.2. The topological polar surface area (TPSA) is 65.7 Å². The normalized spacial score (nSPS) is 15.2. The van der Waals surface area contributed by atoms with Crippen LogP contribution in [0.25, 0.3) is 22.6 Å². The third kappa shape index (κ3) is 3.19. The molecule has 1 aliphatic rings. The maximum atomic E-state index is 5.24. The Hall–Kier alpha value is -2.76. The van der Waals surface area contributed by atoms with Gasteiger partial charge in [0.15, 0.2) is 5.82 Å². The van der Waals surface area contributed by atoms with E-state index >= 15 is 0 Å². The summed E-state index contributed by atoms with van der Waals surface area (Å²) in [5.41, 5.74) is 2.96. The van der Waals surface area contributed by atoms with Gasteiger partial charge in [0.1, 0.15) is 11.5 Å². The monoisotopic (exact) mass is 349 g/mol. The Morgan fingerprint density at radius 1 is 0.962 bits per heavy atom. The molecule has 3 aromatic heterocycles. The number of pyridine rings is 2. The summed E-state index contributed by atoms with van der Waals surface area (Å²) in [6, 6.07) is 8.43. The van der Waals surface area contributed by atoms with Crippen molar-refractivity contribution in [3.8, 4) is 28.5 Å². The van der Waals surface area contributed by atoms with Crippen molar-refractivity contribution in [1.82, 2.24) is 24.7 Å². The Labute approximate surface area is 153 Å². The first-order valence-electron chi connectivity index (χ1n) is 9.14. The molecule has 134 valence electrons. The van der Waals surface area contributed by atoms with Gasteiger partial charge in [-0.25, -0.2) is 4.98 Å². The third-order valence-corrected chi connectivity index (χ3v) is 5.07. The molecule has 0 N–H and O–H groups in total. The number of nitrogens with zero attached hydrogens (tertiary/aromatic N) is 5. The van der Waals surface area contributed by atoms with Gasteiger partial charge in [0.05, 0.1) is 7.11 Å². The van der Waals surface area contributed by atoms with Crippen molar-refractivity contribution in [2.45, 2.75) is 45.1 Å². The summed E-state index contributed by atoms with van der Waals surface area (Å²) in [7, 11) is 1.62. The molecule has 0 aromatic carbocycles. The van der Waals surface area contributed by atoms with E-state index in [2.05, 4.69) is 30.8 Å². The minimum atomic E-state index is 0.472. The van der Waals surface area contributed by atoms with Gasteiger partial charge in [-0.1, -0.05) is 19.3 Å². The van der Waals surface area contributed by atoms with Crippen molar-refractivity contribution in [3.05, 3.63) is 42.5 Å². The van der Waals surface area contributed by atoms with Crippen molar-refractivity contribution in [3.63, 3.8) is 0 Å². The van der Waals surface area contributed by atoms with Crippen LogP contribution < -0.4 is 4.74 Å². The number of aromatic nitrogens is 5. The molecule has 4 rings (SSSR count). The van der Waals surface area contributed by atoms with E-state index in [4.69, 9.17) is 4.74 Å². The van der Waals surface area contributed by atoms with E-state index in [1.165, 1.54) is 32.1 Å². The van der Waals surface area contributed by atoms with E-state index in [1.807, 2.05) is 31.3 Å². The molecule has 0 amide bonds. The lowest BCUT2D eigenvalue weighted by Gasteiger charge is -2.25. The number of hydrogen-bond acceptors (Lipinski definition) is 5. The van der Waals surface area contributed by atoms with E-state index < -0.39 is 0 Å². The standard InChI is InChI=1S/C20H23N5O/c1-14-23-24-20(25(14)17-6-4-3-5-7-17)18-12-15(8-10-21-18)16-9-11-22-19(13-16)26-2/h8-13,17H,3-7H2,1-2H3. The zero-order valence-corrected chi connectivity index (χ0v) is 15.2. The van der Waals surface area contributed by atoms with Crippen LogP contribution >= 0.6 is 0 Å². The molecule has 0 atom stereocenters. The number of rotatable bonds is 4. The fourth-order valence-corrected chi connectivity index (χ4v) is 3.75. The molecule has 1 saturated carbocycles. The van der Waals surface area contributed by atoms with Gasteiger partial charge >= 0.3 is 0 Å². The van der Waals surface area contributed by atoms with Gasteiger partial charge in [-0.15, -0.1) is 10.2 Å². The molecule has 6 nitrogen and oxygen atoms in total. The molecule has 1 fully saturated rings. The van der Waals surface area contributed by atoms with Crippen LogP contribution in [-0.2, 0) is 0 Å². The largest absolute Gasteiger partial charge is 0.481 e. The minimum absolute atomic E-state index is 0.472. The number of aryl methyl sites for hydroxylation is 1. The Bertz CT molecular complexity index is 899. The molecule has 6 heteroatoms. The van der Waals surface area contributed by atoms with Gasteiger partial charge in [0.2, 0.25) is 5.88 Å². The summed E-state index contributed by atoms with van der Waals surface area (Å²) in [4.78, 5) is 8.75. The molecule has 0 unspecified atom stereocenters. The lowest BCUT2D eigenvalue weighted by atomic mass is 9.95. The van der Waals surface area contributed by atoms with Gasteiger partial charge in [0.25, 0.3) is 0 Å². The average Bonchev–Trinajstić information content (AvgIpc) is 3.10. The van der Waals surface area contributed by atoms with Crippen LogP contribution in [-0.4, -0.2) is 31.8 Å². The Morgan fingerprint density at radius 2 is 1.69 bits per heavy atom. The minimum Gasteiger partial charge on any atom is -0.481 e. The van der Waals surface area contributed by atoms with E-state index in [9.17, 15) is 0 Å². The number of hydrogen-bond donors (Lipinski definition) is 0. The predicted molar refractivity (Wildman–Crippen MR) is 99.9 cm³/mol. The van der Waals surface area contributed by atoms with E-state index in [1.54, 1.807) is 13.3 Å². The van der Waals surface area contributed by atoms with Crippen LogP contribution in [0, 0.1) is 6.92 Å². The van der Waals surface area contributed by atoms with Gasteiger partial charge in [-0.05, 0) is 49.1 Å². The summed E-state index contributed by atoms with van der Waals surface area (Å²) in [6.07, 6.45) is 9.82. The molecule has 1 aliphatic carbocycles. The quantitative estimate of drug-likeness (QED) is 0.705. The van der Waals surface area contributed by atoms with Gasteiger partial charge in [-0.2, -0.15) is 0 Å². The molecule has 3 aromatic rings. The second kappa shape index (κ2) is 7.23. The van der Waals surface area contributed by atoms with E-state index in [0.29, 0.717) is 11.9 Å². The van der Waals surface area contributed by atoms with Crippen molar-refractivity contribution in [2.75, 3.05) is 7.11 Å². The van der Waals surface area contributed by atoms with Crippen LogP contribution in [0.3, 0.4) is 0 Å². The maximum absolute atomic E-state index is 5.24. The number of ether oxygens (including phenoxy) is 1. The third-order valence-electron chi connectivity index (χ3n) is 5.07. The summed E-state index contributed by atoms with van der Waals surface area (Å²) in [6.45, 7) is 2.03. The lowest BCUT2D eigenvalue weighted by molar-refractivity contribution is 0.350. The van der Waals surface area contributed by atoms with Crippen molar-refractivity contribution >= 4 is 0 Å². The Balaban J connectivity index is 1.73. The second-order valence-corrected chi connectivity index (χ2v) is 6.75. The molecule has 0 aliphatic heterocycles. The maximum Gasteiger partial charge on any atom is 0.213 e. The summed E-state index contributed by atoms with van der Waals surface area (Å²) >= 11 is 0. The van der Waals surface area contributed by atoms with Gasteiger partial charge in [0, 0.05) is 24.5 Å². The van der Waals surface area contributed by atoms with Crippen molar-refractivity contribution in [2.24, 2.45) is 0 Å². The predicted octanol–water partition coefficient (Wildman–Crippen LogP) is 4.22. The molecular formula is C20H23N5O. The lowest BCUT2D eigenvalue weighted by Crippen LogP contribution is -2.15. The van der Waals surface area contributed by atoms with Crippen molar-refractivity contribution < 1.29 is 4.74 Å². The SMILES string of the molecule is COc1cc(-c2ccnc(-c3nnc(C)n3C3CCCCC3)c2)ccn1. The highest BCUT2D eigenvalue weighted by Crippen LogP contribution is 2.33. The molecule has 0 radical (unpaired) electrons. The highest BCUT2D eigenvalue weighted by atomic mass is 16.5. The fraction of sp³-hybridized carbons (Fsp3) is 0.400. The molecule has 3 heterocycles. The highest BCUT2D eigenvalue weighted by molar-refractivity contribution is 5.68. The summed E-state index contributed by atoms with van der Waals surface area (Å²) in [5, 5.41) is 8.78. The zero-order chi connectivity index (χ0) is 17.9. The first-order chi connectivity index (χ1) is 12.8. The second-order valence-electron chi connectivity index (χ2n) is 6.75. The fourth-order valence-electron chi connectivity index (χ4n) is 3.75. The molecule has 0 spiro atoms. The van der Waals surface area contributed by atoms with Crippen LogP contribution in [0.2, 0.25) is 0 Å². The molecular weight excluding hydrogens is 326 g/mol. The van der Waals surface area contributed by atoms with Gasteiger partial charge in [-0.3, -0.25) is 4.98 Å². The van der Waals surface area contributed by atoms with E-state index in [0.717, 1.165) is 28.5 Å². The van der Waals surface area contributed by atoms with Crippen LogP contribution in [0.1, 0.15) is 44.0 Å². The Morgan fingerprint density at radius 3 is 2.46 bits per heavy atom. The summed E-state index contributed by atoms with van der Waals surface area (Å²) in [5.74, 6) is 2.42. The average molecular weight is 349 g/mol. The molecule has 0 bridgehead atoms. The first-order valence-corrected chi connectivity index (χ1v) is 9.14. The molecule has 26 heavy (non-hydrogen) atoms. The van der Waals surface area contributed by atoms with Crippen LogP contribution in [0.4, 0.5) is 0 Å². The van der Waals surface area contributed by atoms with Crippen molar-refractivity contribution in [1.29, 1.82) is 0 Å². The highest BCUT2D eigenvalue weighted by Gasteiger charge is 2.22. The molecule has 0 saturated heterocycles. The summed E-state index contributed by atoms with van der Waals surface area (Å²) < 4.78 is 7.52. The smallest absolute Gasteiger partial charge is 0.213 e. The first kappa shape index (κ1) is 16.7. The van der Waals surface area contributed by atoms with E-state index in [-0.39, 0.29) is 0 Å². The van der Waals surface area contributed by atoms with Crippen LogP contribution in [0.15, 0.2) is 36.7 Å².